The summed E-state index contributed by atoms with van der Waals surface area (Å²) < 4.78 is 12.7. The second-order valence-corrected chi connectivity index (χ2v) is 7.84. The van der Waals surface area contributed by atoms with E-state index in [2.05, 4.69) is 20.7 Å². The van der Waals surface area contributed by atoms with Crippen LogP contribution in [0.1, 0.15) is 32.6 Å². The summed E-state index contributed by atoms with van der Waals surface area (Å²) in [6, 6.07) is -0.648. The number of rotatable bonds is 10. The molecule has 1 fully saturated rings. The zero-order valence-electron chi connectivity index (χ0n) is 15.0. The lowest BCUT2D eigenvalue weighted by Gasteiger charge is -2.28. The van der Waals surface area contributed by atoms with Gasteiger partial charge in [0.15, 0.2) is 11.6 Å². The van der Waals surface area contributed by atoms with E-state index < -0.39 is 31.2 Å². The van der Waals surface area contributed by atoms with Crippen molar-refractivity contribution in [2.45, 2.75) is 50.0 Å². The number of hydrogen-bond acceptors (Lipinski definition) is 6. The van der Waals surface area contributed by atoms with Gasteiger partial charge < -0.3 is 33.6 Å². The van der Waals surface area contributed by atoms with Crippen LogP contribution in [0.5, 0.6) is 0 Å². The molecule has 4 atom stereocenters. The van der Waals surface area contributed by atoms with Crippen molar-refractivity contribution in [3.63, 3.8) is 0 Å². The fourth-order valence-electron chi connectivity index (χ4n) is 2.54. The summed E-state index contributed by atoms with van der Waals surface area (Å²) in [6.45, 7) is 2.91. The van der Waals surface area contributed by atoms with Gasteiger partial charge in [-0.15, -0.1) is 0 Å². The molecular weight excluding hydrogens is 359 g/mol. The van der Waals surface area contributed by atoms with Crippen LogP contribution in [0.25, 0.3) is 0 Å². The number of guanidine groups is 1. The Morgan fingerprint density at radius 1 is 1.50 bits per heavy atom. The first-order chi connectivity index (χ1) is 12.2. The predicted octanol–water partition coefficient (Wildman–Crippen LogP) is -2.23. The highest BCUT2D eigenvalue weighted by Crippen LogP contribution is 2.32. The van der Waals surface area contributed by atoms with E-state index in [4.69, 9.17) is 22.9 Å². The Morgan fingerprint density at radius 3 is 2.77 bits per heavy atom. The fraction of sp³-hybridized carbons (Fsp3) is 0.786. The molecule has 0 radical (unpaired) electrons. The van der Waals surface area contributed by atoms with Gasteiger partial charge >= 0.3 is 7.95 Å². The molecule has 1 aliphatic rings. The normalized spacial score (nSPS) is 21.1. The lowest BCUT2D eigenvalue weighted by molar-refractivity contribution is -0.127. The first-order valence-corrected chi connectivity index (χ1v) is 9.92. The molecule has 0 aromatic heterocycles. The van der Waals surface area contributed by atoms with E-state index in [1.165, 1.54) is 0 Å². The maximum absolute atomic E-state index is 12.7. The highest BCUT2D eigenvalue weighted by Gasteiger charge is 2.48. The molecule has 1 rings (SSSR count). The smallest absolute Gasteiger partial charge is 0.370 e. The first kappa shape index (κ1) is 22.2. The Labute approximate surface area is 153 Å². The van der Waals surface area contributed by atoms with Crippen LogP contribution in [-0.2, 0) is 14.2 Å². The Balaban J connectivity index is 2.88. The fourth-order valence-corrected chi connectivity index (χ4v) is 4.00. The molecule has 12 heteroatoms. The Morgan fingerprint density at radius 2 is 2.19 bits per heavy atom. The molecule has 11 N–H and O–H groups in total. The van der Waals surface area contributed by atoms with Crippen LogP contribution in [0.4, 0.5) is 0 Å². The van der Waals surface area contributed by atoms with Gasteiger partial charge in [-0.25, -0.2) is 0 Å². The van der Waals surface area contributed by atoms with Gasteiger partial charge in [0.1, 0.15) is 0 Å². The van der Waals surface area contributed by atoms with Crippen LogP contribution in [0.15, 0.2) is 4.99 Å². The molecule has 0 bridgehead atoms. The minimum atomic E-state index is -2.26. The highest BCUT2D eigenvalue weighted by atomic mass is 31.1. The molecule has 0 aromatic carbocycles. The number of nitrogens with zero attached hydrogens (tertiary/aromatic N) is 1. The van der Waals surface area contributed by atoms with Crippen molar-refractivity contribution in [3.05, 3.63) is 0 Å². The average molecular weight is 389 g/mol. The number of aliphatic imine (C=N–C) groups is 1. The van der Waals surface area contributed by atoms with E-state index in [0.717, 1.165) is 0 Å². The summed E-state index contributed by atoms with van der Waals surface area (Å²) in [7, 11) is -2.26. The summed E-state index contributed by atoms with van der Waals surface area (Å²) in [5, 5.41) is 7.97. The van der Waals surface area contributed by atoms with E-state index in [1.807, 2.05) is 6.92 Å². The molecule has 1 heterocycles. The third-order valence-corrected chi connectivity index (χ3v) is 5.56. The molecule has 11 nitrogen and oxygen atoms in total. The molecule has 26 heavy (non-hydrogen) atoms. The van der Waals surface area contributed by atoms with Crippen molar-refractivity contribution < 1.29 is 14.2 Å². The summed E-state index contributed by atoms with van der Waals surface area (Å²) in [5.41, 5.74) is 20.3. The van der Waals surface area contributed by atoms with E-state index in [1.54, 1.807) is 0 Å². The van der Waals surface area contributed by atoms with Gasteiger partial charge in [0.05, 0.1) is 6.54 Å². The van der Waals surface area contributed by atoms with Gasteiger partial charge in [0, 0.05) is 32.0 Å². The van der Waals surface area contributed by atoms with Crippen LogP contribution in [0.3, 0.4) is 0 Å². The Hall–Kier alpha value is -1.81. The number of hydrogen-bond donors (Lipinski definition) is 7. The highest BCUT2D eigenvalue weighted by molar-refractivity contribution is 7.44. The van der Waals surface area contributed by atoms with Crippen molar-refractivity contribution in [3.8, 4) is 0 Å². The van der Waals surface area contributed by atoms with Crippen LogP contribution in [0, 0.1) is 0 Å². The third kappa shape index (κ3) is 6.83. The summed E-state index contributed by atoms with van der Waals surface area (Å²) in [5.74, 6) is -0.985. The number of carbonyl (C=O) groups excluding carboxylic acids is 2. The monoisotopic (exact) mass is 389 g/mol. The number of carbonyl (C=O) groups is 2. The van der Waals surface area contributed by atoms with Crippen LogP contribution < -0.4 is 38.7 Å². The van der Waals surface area contributed by atoms with Crippen molar-refractivity contribution in [2.75, 3.05) is 19.6 Å². The summed E-state index contributed by atoms with van der Waals surface area (Å²) in [6.07, 6.45) is 1.82. The maximum atomic E-state index is 12.7. The van der Waals surface area contributed by atoms with Crippen LogP contribution in [-0.4, -0.2) is 54.8 Å². The second-order valence-electron chi connectivity index (χ2n) is 6.34. The van der Waals surface area contributed by atoms with E-state index in [-0.39, 0.29) is 24.8 Å². The third-order valence-electron chi connectivity index (χ3n) is 3.88. The van der Waals surface area contributed by atoms with E-state index in [0.29, 0.717) is 32.4 Å². The van der Waals surface area contributed by atoms with Crippen molar-refractivity contribution in [1.29, 1.82) is 0 Å². The summed E-state index contributed by atoms with van der Waals surface area (Å²) >= 11 is 0. The van der Waals surface area contributed by atoms with Gasteiger partial charge in [0.2, 0.25) is 0 Å². The minimum Gasteiger partial charge on any atom is -0.370 e. The molecule has 1 saturated heterocycles. The van der Waals surface area contributed by atoms with Gasteiger partial charge in [-0.3, -0.25) is 14.6 Å². The molecule has 1 aliphatic heterocycles. The van der Waals surface area contributed by atoms with Crippen molar-refractivity contribution in [1.82, 2.24) is 15.7 Å². The number of piperidine rings is 1. The van der Waals surface area contributed by atoms with Crippen LogP contribution in [0.2, 0.25) is 0 Å². The van der Waals surface area contributed by atoms with Crippen molar-refractivity contribution >= 4 is 25.7 Å². The zero-order valence-corrected chi connectivity index (χ0v) is 15.9. The Kier molecular flexibility index (Phi) is 8.86. The van der Waals surface area contributed by atoms with Crippen LogP contribution >= 0.6 is 7.95 Å². The Bertz CT molecular complexity index is 554. The molecular formula is C14H30N8O3P+. The first-order valence-electron chi connectivity index (χ1n) is 8.59. The van der Waals surface area contributed by atoms with E-state index >= 15 is 0 Å². The van der Waals surface area contributed by atoms with Gasteiger partial charge in [-0.05, 0) is 17.4 Å². The molecule has 3 unspecified atom stereocenters. The summed E-state index contributed by atoms with van der Waals surface area (Å²) in [4.78, 5) is 28.3. The number of nitrogens with two attached hydrogens (primary N) is 4. The lowest BCUT2D eigenvalue weighted by atomic mass is 10.0. The minimum absolute atomic E-state index is 0.0602. The molecule has 0 aromatic rings. The maximum Gasteiger partial charge on any atom is 0.447 e. The molecule has 0 spiro atoms. The zero-order chi connectivity index (χ0) is 19.7. The topological polar surface area (TPSA) is 204 Å². The lowest BCUT2D eigenvalue weighted by Crippen LogP contribution is -2.64. The van der Waals surface area contributed by atoms with Gasteiger partial charge in [-0.1, -0.05) is 12.0 Å². The number of amides is 2. The molecule has 0 saturated carbocycles. The molecule has 148 valence electrons. The SMILES string of the molecule is CCCNC(=O)C(N)(CC(N)CN=C(N)N)N[P+](=O)[C@H]1CCCNC1=O. The molecule has 0 aliphatic carbocycles. The largest absolute Gasteiger partial charge is 0.447 e. The number of nitrogens with one attached hydrogen (secondary N) is 3. The predicted molar refractivity (Wildman–Crippen MR) is 100 cm³/mol. The van der Waals surface area contributed by atoms with Crippen molar-refractivity contribution in [2.24, 2.45) is 27.9 Å². The average Bonchev–Trinajstić information content (AvgIpc) is 2.57. The van der Waals surface area contributed by atoms with E-state index in [9.17, 15) is 14.2 Å². The molecule has 2 amide bonds. The standard InChI is InChI=1S/C14H29N8O3P/c1-2-5-20-12(24)14(18,7-9(15)8-21-13(16)17)22-26(25)10-4-3-6-19-11(10)23/h9-10H,2-8,15,18H2,1H3,(H6-,16,17,19,20,21,22,23,24,25)/p+1/t9?,10-,14?/m0/s1. The quantitative estimate of drug-likeness (QED) is 0.0940. The van der Waals surface area contributed by atoms with Gasteiger partial charge in [-0.2, -0.15) is 0 Å². The van der Waals surface area contributed by atoms with Gasteiger partial charge in [0.25, 0.3) is 17.5 Å². The second kappa shape index (κ2) is 10.4.